The molecule has 0 bridgehead atoms. The lowest BCUT2D eigenvalue weighted by Gasteiger charge is -2.35. The Labute approximate surface area is 116 Å². The van der Waals surface area contributed by atoms with Crippen molar-refractivity contribution in [3.8, 4) is 0 Å². The van der Waals surface area contributed by atoms with Gasteiger partial charge in [-0.15, -0.1) is 0 Å². The van der Waals surface area contributed by atoms with Gasteiger partial charge in [0.05, 0.1) is 6.42 Å². The van der Waals surface area contributed by atoms with Gasteiger partial charge < -0.3 is 10.4 Å². The van der Waals surface area contributed by atoms with Crippen LogP contribution in [0.5, 0.6) is 0 Å². The molecule has 0 aromatic carbocycles. The fraction of sp³-hybridized carbons (Fsp3) is 0.846. The van der Waals surface area contributed by atoms with Crippen LogP contribution in [0.4, 0.5) is 0 Å². The minimum Gasteiger partial charge on any atom is -0.481 e. The van der Waals surface area contributed by atoms with Crippen molar-refractivity contribution in [2.45, 2.75) is 44.9 Å². The Hall–Kier alpha value is -0.910. The van der Waals surface area contributed by atoms with Crippen LogP contribution in [0.2, 0.25) is 0 Å². The summed E-state index contributed by atoms with van der Waals surface area (Å²) in [5.41, 5.74) is -0.375. The maximum Gasteiger partial charge on any atom is 0.303 e. The smallest absolute Gasteiger partial charge is 0.303 e. The Morgan fingerprint density at radius 3 is 2.37 bits per heavy atom. The fourth-order valence-electron chi connectivity index (χ4n) is 2.78. The molecule has 1 unspecified atom stereocenters. The second-order valence-corrected chi connectivity index (χ2v) is 6.99. The average molecular weight is 289 g/mol. The SMILES string of the molecule is CS(=O)CCNC(=O)CC1(CC(=O)O)CCCCC1. The topological polar surface area (TPSA) is 83.5 Å². The van der Waals surface area contributed by atoms with Crippen molar-refractivity contribution in [2.75, 3.05) is 18.6 Å². The molecule has 1 saturated carbocycles. The Balaban J connectivity index is 2.49. The summed E-state index contributed by atoms with van der Waals surface area (Å²) in [7, 11) is -0.917. The monoisotopic (exact) mass is 289 g/mol. The number of hydrogen-bond acceptors (Lipinski definition) is 3. The van der Waals surface area contributed by atoms with Gasteiger partial charge in [-0.05, 0) is 18.3 Å². The molecule has 0 aromatic rings. The predicted octanol–water partition coefficient (Wildman–Crippen LogP) is 1.30. The molecule has 1 amide bonds. The van der Waals surface area contributed by atoms with Gasteiger partial charge in [-0.3, -0.25) is 13.8 Å². The lowest BCUT2D eigenvalue weighted by molar-refractivity contribution is -0.141. The standard InChI is InChI=1S/C13H23NO4S/c1-19(18)8-7-14-11(15)9-13(10-12(16)17)5-3-2-4-6-13/h2-10H2,1H3,(H,14,15)(H,16,17). The van der Waals surface area contributed by atoms with E-state index in [0.29, 0.717) is 12.3 Å². The van der Waals surface area contributed by atoms with Crippen molar-refractivity contribution in [3.05, 3.63) is 0 Å². The molecule has 1 fully saturated rings. The molecule has 1 aliphatic carbocycles. The molecule has 0 heterocycles. The van der Waals surface area contributed by atoms with Crippen LogP contribution in [-0.2, 0) is 20.4 Å². The van der Waals surface area contributed by atoms with Crippen molar-refractivity contribution in [3.63, 3.8) is 0 Å². The highest BCUT2D eigenvalue weighted by atomic mass is 32.2. The molecule has 2 N–H and O–H groups in total. The van der Waals surface area contributed by atoms with Gasteiger partial charge in [-0.2, -0.15) is 0 Å². The van der Waals surface area contributed by atoms with Gasteiger partial charge in [-0.25, -0.2) is 0 Å². The van der Waals surface area contributed by atoms with Gasteiger partial charge in [0.25, 0.3) is 0 Å². The van der Waals surface area contributed by atoms with Crippen molar-refractivity contribution in [1.29, 1.82) is 0 Å². The highest BCUT2D eigenvalue weighted by Gasteiger charge is 2.36. The van der Waals surface area contributed by atoms with Crippen LogP contribution in [0.15, 0.2) is 0 Å². The van der Waals surface area contributed by atoms with E-state index in [4.69, 9.17) is 5.11 Å². The summed E-state index contributed by atoms with van der Waals surface area (Å²) >= 11 is 0. The zero-order valence-corrected chi connectivity index (χ0v) is 12.3. The zero-order valence-electron chi connectivity index (χ0n) is 11.4. The predicted molar refractivity (Wildman–Crippen MR) is 74.3 cm³/mol. The van der Waals surface area contributed by atoms with Gasteiger partial charge in [0.15, 0.2) is 0 Å². The number of aliphatic carboxylic acids is 1. The number of nitrogens with one attached hydrogen (secondary N) is 1. The van der Waals surface area contributed by atoms with E-state index < -0.39 is 16.8 Å². The van der Waals surface area contributed by atoms with Crippen LogP contribution in [-0.4, -0.2) is 39.7 Å². The van der Waals surface area contributed by atoms with Crippen LogP contribution in [0.25, 0.3) is 0 Å². The quantitative estimate of drug-likeness (QED) is 0.740. The zero-order chi connectivity index (χ0) is 14.3. The lowest BCUT2D eigenvalue weighted by atomic mass is 9.69. The first-order valence-corrected chi connectivity index (χ1v) is 8.45. The summed E-state index contributed by atoms with van der Waals surface area (Å²) in [5, 5.41) is 11.8. The van der Waals surface area contributed by atoms with Crippen LogP contribution < -0.4 is 5.32 Å². The van der Waals surface area contributed by atoms with E-state index in [-0.39, 0.29) is 24.2 Å². The van der Waals surface area contributed by atoms with E-state index in [1.54, 1.807) is 6.26 Å². The first-order valence-electron chi connectivity index (χ1n) is 6.72. The van der Waals surface area contributed by atoms with Crippen LogP contribution >= 0.6 is 0 Å². The molecule has 19 heavy (non-hydrogen) atoms. The minimum absolute atomic E-state index is 0.0696. The van der Waals surface area contributed by atoms with Crippen molar-refractivity contribution < 1.29 is 18.9 Å². The van der Waals surface area contributed by atoms with Gasteiger partial charge in [0.2, 0.25) is 5.91 Å². The average Bonchev–Trinajstić information content (AvgIpc) is 2.27. The van der Waals surface area contributed by atoms with E-state index in [9.17, 15) is 13.8 Å². The number of carbonyl (C=O) groups is 2. The molecule has 0 aromatic heterocycles. The van der Waals surface area contributed by atoms with Crippen LogP contribution in [0.3, 0.4) is 0 Å². The largest absolute Gasteiger partial charge is 0.481 e. The lowest BCUT2D eigenvalue weighted by Crippen LogP contribution is -2.36. The third-order valence-electron chi connectivity index (χ3n) is 3.69. The van der Waals surface area contributed by atoms with Crippen LogP contribution in [0.1, 0.15) is 44.9 Å². The Bertz CT molecular complexity index is 351. The highest BCUT2D eigenvalue weighted by molar-refractivity contribution is 7.84. The van der Waals surface area contributed by atoms with E-state index in [1.165, 1.54) is 0 Å². The number of hydrogen-bond donors (Lipinski definition) is 2. The molecular weight excluding hydrogens is 266 g/mol. The van der Waals surface area contributed by atoms with Crippen LogP contribution in [0, 0.1) is 5.41 Å². The second-order valence-electron chi connectivity index (χ2n) is 5.44. The summed E-state index contributed by atoms with van der Waals surface area (Å²) < 4.78 is 10.9. The Morgan fingerprint density at radius 2 is 1.84 bits per heavy atom. The second kappa shape index (κ2) is 7.62. The van der Waals surface area contributed by atoms with E-state index in [1.807, 2.05) is 0 Å². The first-order chi connectivity index (χ1) is 8.93. The minimum atomic E-state index is -0.917. The molecule has 6 heteroatoms. The molecular formula is C13H23NO4S. The number of carbonyl (C=O) groups excluding carboxylic acids is 1. The number of carboxylic acids is 1. The van der Waals surface area contributed by atoms with Gasteiger partial charge in [0.1, 0.15) is 0 Å². The summed E-state index contributed by atoms with van der Waals surface area (Å²) in [5.74, 6) is -0.504. The number of amides is 1. The normalized spacial score (nSPS) is 19.6. The third-order valence-corrected chi connectivity index (χ3v) is 4.47. The maximum atomic E-state index is 11.9. The summed E-state index contributed by atoms with van der Waals surface area (Å²) in [6.07, 6.45) is 6.69. The molecule has 1 rings (SSSR count). The molecule has 0 spiro atoms. The van der Waals surface area contributed by atoms with Crippen molar-refractivity contribution in [2.24, 2.45) is 5.41 Å². The molecule has 0 aliphatic heterocycles. The molecule has 1 aliphatic rings. The first kappa shape index (κ1) is 16.1. The maximum absolute atomic E-state index is 11.9. The Kier molecular flexibility index (Phi) is 6.48. The van der Waals surface area contributed by atoms with Crippen molar-refractivity contribution >= 4 is 22.7 Å². The van der Waals surface area contributed by atoms with Crippen molar-refractivity contribution in [1.82, 2.24) is 5.32 Å². The summed E-state index contributed by atoms with van der Waals surface area (Å²) in [4.78, 5) is 22.9. The van der Waals surface area contributed by atoms with Gasteiger partial charge in [-0.1, -0.05) is 19.3 Å². The molecule has 0 radical (unpaired) electrons. The molecule has 0 saturated heterocycles. The van der Waals surface area contributed by atoms with E-state index >= 15 is 0 Å². The number of carboxylic acid groups (broad SMARTS) is 1. The molecule has 110 valence electrons. The van der Waals surface area contributed by atoms with E-state index in [2.05, 4.69) is 5.32 Å². The Morgan fingerprint density at radius 1 is 1.21 bits per heavy atom. The van der Waals surface area contributed by atoms with Gasteiger partial charge >= 0.3 is 5.97 Å². The van der Waals surface area contributed by atoms with E-state index in [0.717, 1.165) is 32.1 Å². The fourth-order valence-corrected chi connectivity index (χ4v) is 3.17. The molecule has 5 nitrogen and oxygen atoms in total. The van der Waals surface area contributed by atoms with Gasteiger partial charge in [0, 0.05) is 35.8 Å². The third kappa shape index (κ3) is 6.18. The number of rotatable bonds is 7. The highest BCUT2D eigenvalue weighted by Crippen LogP contribution is 2.42. The summed E-state index contributed by atoms with van der Waals surface area (Å²) in [6.45, 7) is 0.394. The summed E-state index contributed by atoms with van der Waals surface area (Å²) in [6, 6.07) is 0. The molecule has 1 atom stereocenters.